The summed E-state index contributed by atoms with van der Waals surface area (Å²) in [6.45, 7) is 2.95. The third-order valence-electron chi connectivity index (χ3n) is 8.05. The van der Waals surface area contributed by atoms with E-state index in [9.17, 15) is 5.11 Å². The largest absolute Gasteiger partial charge is 0.388 e. The topological polar surface area (TPSA) is 57.2 Å². The van der Waals surface area contributed by atoms with Crippen LogP contribution in [0.25, 0.3) is 0 Å². The fourth-order valence-corrected chi connectivity index (χ4v) is 6.63. The predicted molar refractivity (Wildman–Crippen MR) is 105 cm³/mol. The van der Waals surface area contributed by atoms with Crippen molar-refractivity contribution >= 4 is 0 Å². The Kier molecular flexibility index (Phi) is 5.51. The van der Waals surface area contributed by atoms with Gasteiger partial charge >= 0.3 is 0 Å². The summed E-state index contributed by atoms with van der Waals surface area (Å²) >= 11 is 0. The summed E-state index contributed by atoms with van der Waals surface area (Å²) in [5.41, 5.74) is -0.0535. The predicted octanol–water partition coefficient (Wildman–Crippen LogP) is 4.10. The van der Waals surface area contributed by atoms with Crippen LogP contribution in [0, 0.1) is 5.92 Å². The van der Waals surface area contributed by atoms with E-state index in [-0.39, 0.29) is 35.9 Å². The molecule has 2 aliphatic heterocycles. The highest BCUT2D eigenvalue weighted by Gasteiger charge is 2.65. The lowest BCUT2D eigenvalue weighted by atomic mass is 9.73. The van der Waals surface area contributed by atoms with E-state index in [1.807, 2.05) is 0 Å². The second kappa shape index (κ2) is 7.81. The van der Waals surface area contributed by atoms with E-state index in [0.29, 0.717) is 0 Å². The Morgan fingerprint density at radius 2 is 1.54 bits per heavy atom. The summed E-state index contributed by atoms with van der Waals surface area (Å²) in [5, 5.41) is 11.3. The molecule has 5 nitrogen and oxygen atoms in total. The number of fused-ring (bicyclic) bond motifs is 2. The Hall–Kier alpha value is -0.200. The lowest BCUT2D eigenvalue weighted by Crippen LogP contribution is -2.59. The van der Waals surface area contributed by atoms with Crippen LogP contribution < -0.4 is 0 Å². The van der Waals surface area contributed by atoms with Crippen LogP contribution in [0.1, 0.15) is 90.4 Å². The number of ether oxygens (including phenoxy) is 4. The molecule has 3 saturated carbocycles. The van der Waals surface area contributed by atoms with Gasteiger partial charge in [-0.1, -0.05) is 39.0 Å². The quantitative estimate of drug-likeness (QED) is 0.728. The van der Waals surface area contributed by atoms with Gasteiger partial charge in [-0.05, 0) is 38.5 Å². The molecule has 5 rings (SSSR count). The van der Waals surface area contributed by atoms with Crippen molar-refractivity contribution in [2.75, 3.05) is 6.61 Å². The third-order valence-corrected chi connectivity index (χ3v) is 8.05. The van der Waals surface area contributed by atoms with Crippen molar-refractivity contribution in [2.24, 2.45) is 5.92 Å². The van der Waals surface area contributed by atoms with Gasteiger partial charge in [0.15, 0.2) is 5.79 Å². The van der Waals surface area contributed by atoms with E-state index in [4.69, 9.17) is 18.9 Å². The van der Waals surface area contributed by atoms with Crippen molar-refractivity contribution in [3.8, 4) is 0 Å². The molecular formula is C23H38O5. The zero-order chi connectivity index (χ0) is 19.2. The minimum atomic E-state index is -0.608. The van der Waals surface area contributed by atoms with E-state index in [1.165, 1.54) is 25.7 Å². The van der Waals surface area contributed by atoms with Crippen molar-refractivity contribution in [2.45, 2.75) is 132 Å². The highest BCUT2D eigenvalue weighted by atomic mass is 16.8. The van der Waals surface area contributed by atoms with Crippen molar-refractivity contribution in [1.29, 1.82) is 0 Å². The average Bonchev–Trinajstić information content (AvgIpc) is 3.25. The van der Waals surface area contributed by atoms with Crippen LogP contribution in [-0.4, -0.2) is 53.6 Å². The van der Waals surface area contributed by atoms with Crippen LogP contribution in [0.15, 0.2) is 0 Å². The van der Waals surface area contributed by atoms with E-state index in [0.717, 1.165) is 64.4 Å². The van der Waals surface area contributed by atoms with Crippen LogP contribution in [-0.2, 0) is 18.9 Å². The van der Waals surface area contributed by atoms with Gasteiger partial charge in [0, 0.05) is 25.4 Å². The highest BCUT2D eigenvalue weighted by molar-refractivity contribution is 5.11. The van der Waals surface area contributed by atoms with Crippen LogP contribution in [0.5, 0.6) is 0 Å². The summed E-state index contributed by atoms with van der Waals surface area (Å²) in [5.74, 6) is -0.282. The molecule has 5 heteroatoms. The van der Waals surface area contributed by atoms with Crippen molar-refractivity contribution in [3.63, 3.8) is 0 Å². The minimum Gasteiger partial charge on any atom is -0.388 e. The summed E-state index contributed by atoms with van der Waals surface area (Å²) < 4.78 is 26.3. The highest BCUT2D eigenvalue weighted by Crippen LogP contribution is 2.54. The third kappa shape index (κ3) is 3.35. The first-order valence-electron chi connectivity index (χ1n) is 12.0. The smallest absolute Gasteiger partial charge is 0.169 e. The molecule has 0 aromatic carbocycles. The van der Waals surface area contributed by atoms with Gasteiger partial charge in [0.1, 0.15) is 18.3 Å². The summed E-state index contributed by atoms with van der Waals surface area (Å²) in [6.07, 6.45) is 13.3. The second-order valence-electron chi connectivity index (χ2n) is 10.0. The van der Waals surface area contributed by atoms with Crippen molar-refractivity contribution in [1.82, 2.24) is 0 Å². The number of aliphatic hydroxyl groups excluding tert-OH is 1. The number of hydrogen-bond acceptors (Lipinski definition) is 5. The molecule has 5 aliphatic rings. The second-order valence-corrected chi connectivity index (χ2v) is 10.0. The monoisotopic (exact) mass is 394 g/mol. The Morgan fingerprint density at radius 1 is 0.857 bits per heavy atom. The Balaban J connectivity index is 1.39. The number of unbranched alkanes of at least 4 members (excludes halogenated alkanes) is 1. The van der Waals surface area contributed by atoms with Gasteiger partial charge in [0.25, 0.3) is 0 Å². The maximum Gasteiger partial charge on any atom is 0.169 e. The lowest BCUT2D eigenvalue weighted by molar-refractivity contribution is -0.206. The molecule has 0 radical (unpaired) electrons. The lowest BCUT2D eigenvalue weighted by Gasteiger charge is -2.42. The van der Waals surface area contributed by atoms with Gasteiger partial charge in [-0.25, -0.2) is 0 Å². The first-order valence-corrected chi connectivity index (χ1v) is 12.0. The van der Waals surface area contributed by atoms with Crippen LogP contribution >= 0.6 is 0 Å². The zero-order valence-electron chi connectivity index (χ0n) is 17.4. The summed E-state index contributed by atoms with van der Waals surface area (Å²) in [7, 11) is 0. The Labute approximate surface area is 169 Å². The number of rotatable bonds is 4. The molecule has 6 atom stereocenters. The zero-order valence-corrected chi connectivity index (χ0v) is 17.4. The van der Waals surface area contributed by atoms with Gasteiger partial charge in [-0.2, -0.15) is 0 Å². The standard InChI is InChI=1S/C23H38O5/c1-2-3-14-25-19-16-15-22(10-6-4-7-11-22)26-18(16)17(24)20-21(19)28-23(27-20)12-8-5-9-13-23/h16-21,24H,2-15H2,1H3/t16-,17-,18+,19-,20+,21+/m1/s1. The van der Waals surface area contributed by atoms with Crippen LogP contribution in [0.3, 0.4) is 0 Å². The van der Waals surface area contributed by atoms with E-state index in [2.05, 4.69) is 6.92 Å². The van der Waals surface area contributed by atoms with E-state index < -0.39 is 11.9 Å². The van der Waals surface area contributed by atoms with Crippen LogP contribution in [0.2, 0.25) is 0 Å². The van der Waals surface area contributed by atoms with Crippen LogP contribution in [0.4, 0.5) is 0 Å². The SMILES string of the molecule is CCCCO[C@@H]1[C@@H]2CC3(CCCCC3)O[C@@H]2[C@@H](O)[C@@H]2OC3(CCCCC3)O[C@@H]12. The van der Waals surface area contributed by atoms with Gasteiger partial charge in [0.2, 0.25) is 0 Å². The van der Waals surface area contributed by atoms with Gasteiger partial charge in [-0.3, -0.25) is 0 Å². The molecule has 0 aromatic heterocycles. The van der Waals surface area contributed by atoms with Gasteiger partial charge in [-0.15, -0.1) is 0 Å². The Morgan fingerprint density at radius 3 is 2.25 bits per heavy atom. The minimum absolute atomic E-state index is 0.0208. The molecule has 3 aliphatic carbocycles. The van der Waals surface area contributed by atoms with Gasteiger partial charge in [0.05, 0.1) is 17.8 Å². The fraction of sp³-hybridized carbons (Fsp3) is 1.00. The van der Waals surface area contributed by atoms with E-state index >= 15 is 0 Å². The molecular weight excluding hydrogens is 356 g/mol. The number of aliphatic hydroxyl groups is 1. The first kappa shape index (κ1) is 19.7. The molecule has 0 aromatic rings. The molecule has 2 saturated heterocycles. The molecule has 1 N–H and O–H groups in total. The van der Waals surface area contributed by atoms with Crippen molar-refractivity contribution in [3.05, 3.63) is 0 Å². The molecule has 2 heterocycles. The normalized spacial score (nSPS) is 43.9. The molecule has 5 fully saturated rings. The first-order chi connectivity index (χ1) is 13.7. The Bertz CT molecular complexity index is 497. The maximum atomic E-state index is 11.3. The molecule has 0 bridgehead atoms. The molecule has 2 spiro atoms. The number of hydrogen-bond donors (Lipinski definition) is 1. The summed E-state index contributed by atoms with van der Waals surface area (Å²) in [6, 6.07) is 0. The maximum absolute atomic E-state index is 11.3. The van der Waals surface area contributed by atoms with Crippen molar-refractivity contribution < 1.29 is 24.1 Å². The molecule has 160 valence electrons. The molecule has 0 unspecified atom stereocenters. The molecule has 0 amide bonds. The fourth-order valence-electron chi connectivity index (χ4n) is 6.63. The summed E-state index contributed by atoms with van der Waals surface area (Å²) in [4.78, 5) is 0. The average molecular weight is 395 g/mol. The van der Waals surface area contributed by atoms with E-state index in [1.54, 1.807) is 0 Å². The van der Waals surface area contributed by atoms with Gasteiger partial charge < -0.3 is 24.1 Å². The molecule has 28 heavy (non-hydrogen) atoms.